The number of carbonyl (C=O) groups is 1. The molecule has 6 heteroatoms. The van der Waals surface area contributed by atoms with Crippen LogP contribution in [0.3, 0.4) is 0 Å². The summed E-state index contributed by atoms with van der Waals surface area (Å²) in [7, 11) is 0. The lowest BCUT2D eigenvalue weighted by molar-refractivity contribution is 0.102. The summed E-state index contributed by atoms with van der Waals surface area (Å²) < 4.78 is 27.9. The lowest BCUT2D eigenvalue weighted by Crippen LogP contribution is -2.13. The molecule has 0 fully saturated rings. The number of carbonyl (C=O) groups excluding carboxylic acids is 1. The Bertz CT molecular complexity index is 1200. The maximum absolute atomic E-state index is 14.1. The van der Waals surface area contributed by atoms with Crippen molar-refractivity contribution in [2.24, 2.45) is 0 Å². The topological polar surface area (TPSA) is 42.0 Å². The molecule has 0 aliphatic carbocycles. The normalized spacial score (nSPS) is 10.7. The number of amides is 1. The zero-order chi connectivity index (χ0) is 20.4. The fourth-order valence-electron chi connectivity index (χ4n) is 2.90. The molecule has 0 aliphatic heterocycles. The van der Waals surface area contributed by atoms with E-state index >= 15 is 0 Å². The van der Waals surface area contributed by atoms with E-state index in [2.05, 4.69) is 10.3 Å². The van der Waals surface area contributed by atoms with Crippen molar-refractivity contribution < 1.29 is 13.6 Å². The number of benzene rings is 3. The van der Waals surface area contributed by atoms with Crippen molar-refractivity contribution in [3.63, 3.8) is 0 Å². The lowest BCUT2D eigenvalue weighted by atomic mass is 10.1. The Morgan fingerprint density at radius 2 is 1.66 bits per heavy atom. The molecule has 4 rings (SSSR count). The number of aryl methyl sites for hydroxylation is 1. The van der Waals surface area contributed by atoms with Crippen LogP contribution in [0.15, 0.2) is 72.1 Å². The molecule has 1 N–H and O–H groups in total. The van der Waals surface area contributed by atoms with E-state index in [0.717, 1.165) is 0 Å². The Kier molecular flexibility index (Phi) is 5.18. The van der Waals surface area contributed by atoms with E-state index in [4.69, 9.17) is 0 Å². The smallest absolute Gasteiger partial charge is 0.255 e. The van der Waals surface area contributed by atoms with Gasteiger partial charge in [-0.2, -0.15) is 0 Å². The van der Waals surface area contributed by atoms with Gasteiger partial charge in [0.15, 0.2) is 0 Å². The van der Waals surface area contributed by atoms with E-state index in [1.807, 2.05) is 17.5 Å². The minimum Gasteiger partial charge on any atom is -0.321 e. The predicted molar refractivity (Wildman–Crippen MR) is 112 cm³/mol. The first-order valence-corrected chi connectivity index (χ1v) is 9.78. The average molecular weight is 406 g/mol. The number of rotatable bonds is 4. The largest absolute Gasteiger partial charge is 0.321 e. The van der Waals surface area contributed by atoms with Crippen LogP contribution in [0.4, 0.5) is 14.5 Å². The number of hydrogen-bond donors (Lipinski definition) is 1. The van der Waals surface area contributed by atoms with Crippen LogP contribution in [0.1, 0.15) is 15.9 Å². The molecular weight excluding hydrogens is 390 g/mol. The van der Waals surface area contributed by atoms with Gasteiger partial charge in [-0.3, -0.25) is 4.79 Å². The van der Waals surface area contributed by atoms with Gasteiger partial charge in [0.1, 0.15) is 16.6 Å². The minimum atomic E-state index is -0.431. The SMILES string of the molecule is Cc1ccc(C(=O)Nc2ccccc2-c2csc(-c3ccccc3F)n2)cc1F. The van der Waals surface area contributed by atoms with E-state index in [-0.39, 0.29) is 11.4 Å². The number of para-hydroxylation sites is 1. The van der Waals surface area contributed by atoms with E-state index in [0.29, 0.717) is 33.1 Å². The van der Waals surface area contributed by atoms with Crippen molar-refractivity contribution >= 4 is 22.9 Å². The van der Waals surface area contributed by atoms with Crippen LogP contribution in [0.25, 0.3) is 21.8 Å². The third-order valence-electron chi connectivity index (χ3n) is 4.49. The van der Waals surface area contributed by atoms with E-state index in [1.165, 1.54) is 23.5 Å². The van der Waals surface area contributed by atoms with Crippen LogP contribution in [0, 0.1) is 18.6 Å². The number of anilines is 1. The summed E-state index contributed by atoms with van der Waals surface area (Å²) in [6.07, 6.45) is 0. The molecule has 0 atom stereocenters. The second kappa shape index (κ2) is 7.93. The number of halogens is 2. The molecule has 144 valence electrons. The summed E-state index contributed by atoms with van der Waals surface area (Å²) in [6, 6.07) is 18.0. The molecule has 0 saturated carbocycles. The lowest BCUT2D eigenvalue weighted by Gasteiger charge is -2.10. The molecule has 0 aliphatic rings. The van der Waals surface area contributed by atoms with Gasteiger partial charge in [0.2, 0.25) is 0 Å². The summed E-state index contributed by atoms with van der Waals surface area (Å²) in [5, 5.41) is 5.19. The van der Waals surface area contributed by atoms with Gasteiger partial charge < -0.3 is 5.32 Å². The quantitative estimate of drug-likeness (QED) is 0.431. The zero-order valence-corrected chi connectivity index (χ0v) is 16.3. The highest BCUT2D eigenvalue weighted by Crippen LogP contribution is 2.33. The first-order chi connectivity index (χ1) is 14.0. The molecule has 3 aromatic carbocycles. The highest BCUT2D eigenvalue weighted by molar-refractivity contribution is 7.13. The zero-order valence-electron chi connectivity index (χ0n) is 15.4. The predicted octanol–water partition coefficient (Wildman–Crippen LogP) is 6.32. The van der Waals surface area contributed by atoms with E-state index in [1.54, 1.807) is 49.4 Å². The summed E-state index contributed by atoms with van der Waals surface area (Å²) >= 11 is 1.33. The molecule has 1 heterocycles. The Hall–Kier alpha value is -3.38. The van der Waals surface area contributed by atoms with Gasteiger partial charge in [0, 0.05) is 22.1 Å². The van der Waals surface area contributed by atoms with Gasteiger partial charge in [-0.25, -0.2) is 13.8 Å². The summed E-state index contributed by atoms with van der Waals surface area (Å²) in [5.74, 6) is -1.18. The van der Waals surface area contributed by atoms with E-state index in [9.17, 15) is 13.6 Å². The van der Waals surface area contributed by atoms with Crippen LogP contribution >= 0.6 is 11.3 Å². The molecule has 0 spiro atoms. The Morgan fingerprint density at radius 1 is 0.931 bits per heavy atom. The Labute approximate surface area is 170 Å². The number of nitrogens with one attached hydrogen (secondary N) is 1. The summed E-state index contributed by atoms with van der Waals surface area (Å²) in [4.78, 5) is 17.1. The highest BCUT2D eigenvalue weighted by Gasteiger charge is 2.15. The average Bonchev–Trinajstić information content (AvgIpc) is 3.20. The van der Waals surface area contributed by atoms with Crippen LogP contribution in [0.2, 0.25) is 0 Å². The molecule has 0 bridgehead atoms. The Morgan fingerprint density at radius 3 is 2.41 bits per heavy atom. The standard InChI is InChI=1S/C23H16F2N2OS/c1-14-10-11-15(12-19(14)25)22(28)26-20-9-5-3-7-17(20)21-13-29-23(27-21)16-6-2-4-8-18(16)24/h2-13H,1H3,(H,26,28). The molecule has 3 nitrogen and oxygen atoms in total. The van der Waals surface area contributed by atoms with Crippen LogP contribution in [-0.2, 0) is 0 Å². The molecule has 0 saturated heterocycles. The van der Waals surface area contributed by atoms with Gasteiger partial charge in [0.25, 0.3) is 5.91 Å². The van der Waals surface area contributed by atoms with Gasteiger partial charge >= 0.3 is 0 Å². The highest BCUT2D eigenvalue weighted by atomic mass is 32.1. The van der Waals surface area contributed by atoms with Crippen molar-refractivity contribution in [3.8, 4) is 21.8 Å². The maximum atomic E-state index is 14.1. The van der Waals surface area contributed by atoms with Crippen molar-refractivity contribution in [2.75, 3.05) is 5.32 Å². The van der Waals surface area contributed by atoms with E-state index < -0.39 is 11.7 Å². The number of hydrogen-bond acceptors (Lipinski definition) is 3. The Balaban J connectivity index is 1.65. The maximum Gasteiger partial charge on any atom is 0.255 e. The number of nitrogens with zero attached hydrogens (tertiary/aromatic N) is 1. The minimum absolute atomic E-state index is 0.230. The summed E-state index contributed by atoms with van der Waals surface area (Å²) in [5.41, 5.74) is 3.01. The molecule has 4 aromatic rings. The monoisotopic (exact) mass is 406 g/mol. The third kappa shape index (κ3) is 3.93. The summed E-state index contributed by atoms with van der Waals surface area (Å²) in [6.45, 7) is 1.64. The first kappa shape index (κ1) is 19.0. The second-order valence-corrected chi connectivity index (χ2v) is 7.34. The molecule has 29 heavy (non-hydrogen) atoms. The molecule has 0 unspecified atom stereocenters. The molecule has 1 amide bonds. The van der Waals surface area contributed by atoms with Crippen molar-refractivity contribution in [2.45, 2.75) is 6.92 Å². The van der Waals surface area contributed by atoms with Gasteiger partial charge in [-0.1, -0.05) is 36.4 Å². The van der Waals surface area contributed by atoms with Crippen molar-refractivity contribution in [1.82, 2.24) is 4.98 Å². The third-order valence-corrected chi connectivity index (χ3v) is 5.37. The van der Waals surface area contributed by atoms with Crippen LogP contribution in [0.5, 0.6) is 0 Å². The van der Waals surface area contributed by atoms with Crippen LogP contribution < -0.4 is 5.32 Å². The number of thiazole rings is 1. The van der Waals surface area contributed by atoms with Gasteiger partial charge in [-0.15, -0.1) is 11.3 Å². The van der Waals surface area contributed by atoms with Crippen molar-refractivity contribution in [1.29, 1.82) is 0 Å². The van der Waals surface area contributed by atoms with Crippen molar-refractivity contribution in [3.05, 3.63) is 94.9 Å². The van der Waals surface area contributed by atoms with Gasteiger partial charge in [0.05, 0.1) is 11.4 Å². The molecule has 0 radical (unpaired) electrons. The van der Waals surface area contributed by atoms with Crippen LogP contribution in [-0.4, -0.2) is 10.9 Å². The molecular formula is C23H16F2N2OS. The fraction of sp³-hybridized carbons (Fsp3) is 0.0435. The first-order valence-electron chi connectivity index (χ1n) is 8.90. The molecule has 1 aromatic heterocycles. The fourth-order valence-corrected chi connectivity index (χ4v) is 3.75. The van der Waals surface area contributed by atoms with Gasteiger partial charge in [-0.05, 0) is 42.8 Å². The number of aromatic nitrogens is 1. The second-order valence-electron chi connectivity index (χ2n) is 6.48.